The lowest BCUT2D eigenvalue weighted by atomic mass is 9.92. The summed E-state index contributed by atoms with van der Waals surface area (Å²) in [5.74, 6) is 1.63. The molecule has 0 bridgehead atoms. The minimum Gasteiger partial charge on any atom is -0.459 e. The maximum absolute atomic E-state index is 11.9. The summed E-state index contributed by atoms with van der Waals surface area (Å²) in [6, 6.07) is 5.88. The standard InChI is InChI=1S/C17H21ClO6Si/c1-25(2,3)9-8-17(23,14(20)10-19)15(21)11-24-16(22)12-4-6-13(18)7-5-12/h4-7,10,14-15,20-21,23H,11H2,1-3H3/t14-,15+,17-/m0/s1. The molecule has 0 saturated carbocycles. The van der Waals surface area contributed by atoms with Crippen LogP contribution in [0.15, 0.2) is 24.3 Å². The fraction of sp³-hybridized carbons (Fsp3) is 0.412. The van der Waals surface area contributed by atoms with E-state index in [-0.39, 0.29) is 11.8 Å². The molecule has 3 N–H and O–H groups in total. The molecule has 0 amide bonds. The highest BCUT2D eigenvalue weighted by Crippen LogP contribution is 2.17. The van der Waals surface area contributed by atoms with Crippen LogP contribution in [0, 0.1) is 11.5 Å². The third kappa shape index (κ3) is 6.27. The van der Waals surface area contributed by atoms with Crippen LogP contribution in [0.3, 0.4) is 0 Å². The Morgan fingerprint density at radius 3 is 2.36 bits per heavy atom. The van der Waals surface area contributed by atoms with Crippen LogP contribution < -0.4 is 0 Å². The van der Waals surface area contributed by atoms with Gasteiger partial charge in [-0.1, -0.05) is 37.2 Å². The predicted octanol–water partition coefficient (Wildman–Crippen LogP) is 1.03. The first-order valence-corrected chi connectivity index (χ1v) is 11.4. The summed E-state index contributed by atoms with van der Waals surface area (Å²) in [6.45, 7) is 5.02. The largest absolute Gasteiger partial charge is 0.459 e. The number of hydrogen-bond acceptors (Lipinski definition) is 6. The molecule has 0 unspecified atom stereocenters. The van der Waals surface area contributed by atoms with Gasteiger partial charge in [0.15, 0.2) is 18.0 Å². The second-order valence-electron chi connectivity index (χ2n) is 6.53. The maximum Gasteiger partial charge on any atom is 0.338 e. The van der Waals surface area contributed by atoms with Gasteiger partial charge in [0.1, 0.15) is 20.8 Å². The number of ether oxygens (including phenoxy) is 1. The number of benzene rings is 1. The van der Waals surface area contributed by atoms with Crippen molar-refractivity contribution < 1.29 is 29.6 Å². The topological polar surface area (TPSA) is 104 Å². The Labute approximate surface area is 152 Å². The quantitative estimate of drug-likeness (QED) is 0.293. The molecule has 6 nitrogen and oxygen atoms in total. The Morgan fingerprint density at radius 1 is 1.32 bits per heavy atom. The van der Waals surface area contributed by atoms with Crippen molar-refractivity contribution in [1.82, 2.24) is 0 Å². The lowest BCUT2D eigenvalue weighted by molar-refractivity contribution is -0.142. The number of carbonyl (C=O) groups excluding carboxylic acids is 2. The van der Waals surface area contributed by atoms with E-state index in [9.17, 15) is 24.9 Å². The Balaban J connectivity index is 2.89. The molecule has 8 heteroatoms. The zero-order valence-corrected chi connectivity index (χ0v) is 15.9. The van der Waals surface area contributed by atoms with E-state index in [1.54, 1.807) is 0 Å². The number of esters is 1. The summed E-state index contributed by atoms with van der Waals surface area (Å²) in [4.78, 5) is 22.8. The fourth-order valence-corrected chi connectivity index (χ4v) is 2.40. The number of carbonyl (C=O) groups is 2. The van der Waals surface area contributed by atoms with Crippen molar-refractivity contribution in [3.8, 4) is 11.5 Å². The van der Waals surface area contributed by atoms with Gasteiger partial charge in [-0.15, -0.1) is 5.54 Å². The van der Waals surface area contributed by atoms with E-state index in [4.69, 9.17) is 16.3 Å². The molecule has 1 aromatic rings. The number of aldehydes is 1. The van der Waals surface area contributed by atoms with E-state index >= 15 is 0 Å². The molecule has 25 heavy (non-hydrogen) atoms. The first-order valence-electron chi connectivity index (χ1n) is 7.50. The van der Waals surface area contributed by atoms with Gasteiger partial charge in [0.05, 0.1) is 5.56 Å². The zero-order valence-electron chi connectivity index (χ0n) is 14.2. The summed E-state index contributed by atoms with van der Waals surface area (Å²) in [6.07, 6.45) is -3.64. The summed E-state index contributed by atoms with van der Waals surface area (Å²) in [5, 5.41) is 30.8. The van der Waals surface area contributed by atoms with Gasteiger partial charge in [-0.3, -0.25) is 0 Å². The molecule has 0 radical (unpaired) electrons. The molecule has 3 atom stereocenters. The van der Waals surface area contributed by atoms with Crippen LogP contribution in [0.2, 0.25) is 24.7 Å². The molecule has 0 spiro atoms. The van der Waals surface area contributed by atoms with Crippen LogP contribution >= 0.6 is 11.6 Å². The van der Waals surface area contributed by atoms with Crippen LogP contribution in [0.4, 0.5) is 0 Å². The average Bonchev–Trinajstić information content (AvgIpc) is 2.56. The van der Waals surface area contributed by atoms with E-state index in [2.05, 4.69) is 11.5 Å². The van der Waals surface area contributed by atoms with Crippen molar-refractivity contribution in [1.29, 1.82) is 0 Å². The van der Waals surface area contributed by atoms with Gasteiger partial charge >= 0.3 is 5.97 Å². The SMILES string of the molecule is C[Si](C)(C)C#C[C@@](O)([C@H](O)COC(=O)c1ccc(Cl)cc1)[C@@H](O)C=O. The van der Waals surface area contributed by atoms with Crippen LogP contribution in [0.25, 0.3) is 0 Å². The van der Waals surface area contributed by atoms with Crippen molar-refractivity contribution in [3.63, 3.8) is 0 Å². The Hall–Kier alpha value is -1.69. The molecule has 0 heterocycles. The summed E-state index contributed by atoms with van der Waals surface area (Å²) in [7, 11) is -1.95. The number of aliphatic hydroxyl groups is 3. The predicted molar refractivity (Wildman–Crippen MR) is 95.9 cm³/mol. The van der Waals surface area contributed by atoms with E-state index in [0.29, 0.717) is 5.02 Å². The van der Waals surface area contributed by atoms with E-state index < -0.39 is 38.5 Å². The van der Waals surface area contributed by atoms with Crippen molar-refractivity contribution >= 4 is 31.9 Å². The molecular formula is C17H21ClO6Si. The average molecular weight is 385 g/mol. The third-order valence-electron chi connectivity index (χ3n) is 3.18. The monoisotopic (exact) mass is 384 g/mol. The second-order valence-corrected chi connectivity index (χ2v) is 11.7. The molecule has 136 valence electrons. The summed E-state index contributed by atoms with van der Waals surface area (Å²) >= 11 is 5.73. The number of halogens is 1. The smallest absolute Gasteiger partial charge is 0.338 e. The highest BCUT2D eigenvalue weighted by atomic mass is 35.5. The highest BCUT2D eigenvalue weighted by molar-refractivity contribution is 6.83. The van der Waals surface area contributed by atoms with E-state index in [0.717, 1.165) is 0 Å². The molecule has 1 aromatic carbocycles. The maximum atomic E-state index is 11.9. The molecule has 0 saturated heterocycles. The number of rotatable bonds is 6. The van der Waals surface area contributed by atoms with E-state index in [1.807, 2.05) is 19.6 Å². The van der Waals surface area contributed by atoms with Crippen LogP contribution in [-0.2, 0) is 9.53 Å². The Morgan fingerprint density at radius 2 is 1.88 bits per heavy atom. The molecule has 0 aliphatic heterocycles. The van der Waals surface area contributed by atoms with Gasteiger partial charge in [-0.25, -0.2) is 4.79 Å². The first kappa shape index (κ1) is 21.3. The first-order chi connectivity index (χ1) is 11.5. The summed E-state index contributed by atoms with van der Waals surface area (Å²) in [5.41, 5.74) is 0.559. The zero-order chi connectivity index (χ0) is 19.3. The molecule has 0 aliphatic carbocycles. The number of aliphatic hydroxyl groups excluding tert-OH is 2. The van der Waals surface area contributed by atoms with Gasteiger partial charge < -0.3 is 24.9 Å². The van der Waals surface area contributed by atoms with Crippen LogP contribution in [-0.4, -0.2) is 60.1 Å². The third-order valence-corrected chi connectivity index (χ3v) is 4.30. The van der Waals surface area contributed by atoms with Crippen molar-refractivity contribution in [2.75, 3.05) is 6.61 Å². The lowest BCUT2D eigenvalue weighted by Gasteiger charge is -2.30. The Kier molecular flexibility index (Phi) is 7.35. The van der Waals surface area contributed by atoms with Gasteiger partial charge in [0.25, 0.3) is 0 Å². The summed E-state index contributed by atoms with van der Waals surface area (Å²) < 4.78 is 4.93. The van der Waals surface area contributed by atoms with Crippen molar-refractivity contribution in [2.24, 2.45) is 0 Å². The van der Waals surface area contributed by atoms with Crippen LogP contribution in [0.1, 0.15) is 10.4 Å². The second kappa shape index (κ2) is 8.60. The highest BCUT2D eigenvalue weighted by Gasteiger charge is 2.42. The van der Waals surface area contributed by atoms with Crippen molar-refractivity contribution in [3.05, 3.63) is 34.9 Å². The molecule has 1 rings (SSSR count). The minimum atomic E-state index is -2.43. The number of hydrogen-bond donors (Lipinski definition) is 3. The van der Waals surface area contributed by atoms with Crippen molar-refractivity contribution in [2.45, 2.75) is 37.5 Å². The van der Waals surface area contributed by atoms with Gasteiger partial charge in [-0.05, 0) is 24.3 Å². The molecule has 0 aromatic heterocycles. The minimum absolute atomic E-state index is 0.0726. The molecular weight excluding hydrogens is 364 g/mol. The Bertz CT molecular complexity index is 673. The van der Waals surface area contributed by atoms with Crippen LogP contribution in [0.5, 0.6) is 0 Å². The fourth-order valence-electron chi connectivity index (χ4n) is 1.70. The lowest BCUT2D eigenvalue weighted by Crippen LogP contribution is -2.54. The van der Waals surface area contributed by atoms with Gasteiger partial charge in [0, 0.05) is 5.02 Å². The normalized spacial score (nSPS) is 16.0. The molecule has 0 aliphatic rings. The van der Waals surface area contributed by atoms with E-state index in [1.165, 1.54) is 24.3 Å². The molecule has 0 fully saturated rings. The van der Waals surface area contributed by atoms with Gasteiger partial charge in [-0.2, -0.15) is 0 Å². The van der Waals surface area contributed by atoms with Gasteiger partial charge in [0.2, 0.25) is 0 Å².